The van der Waals surface area contributed by atoms with Gasteiger partial charge in [0.25, 0.3) is 0 Å². The summed E-state index contributed by atoms with van der Waals surface area (Å²) in [6, 6.07) is 0. The van der Waals surface area contributed by atoms with Crippen LogP contribution in [0.5, 0.6) is 0 Å². The van der Waals surface area contributed by atoms with Crippen molar-refractivity contribution in [3.05, 3.63) is 0 Å². The van der Waals surface area contributed by atoms with Crippen molar-refractivity contribution in [2.45, 2.75) is 71.0 Å². The van der Waals surface area contributed by atoms with Crippen LogP contribution in [0.1, 0.15) is 58.8 Å². The van der Waals surface area contributed by atoms with Gasteiger partial charge in [0.1, 0.15) is 0 Å². The van der Waals surface area contributed by atoms with Gasteiger partial charge in [0.2, 0.25) is 0 Å². The van der Waals surface area contributed by atoms with Gasteiger partial charge < -0.3 is 15.3 Å². The lowest BCUT2D eigenvalue weighted by molar-refractivity contribution is -0.140. The van der Waals surface area contributed by atoms with Crippen LogP contribution < -0.4 is 0 Å². The van der Waals surface area contributed by atoms with Crippen molar-refractivity contribution in [3.8, 4) is 0 Å². The van der Waals surface area contributed by atoms with Crippen molar-refractivity contribution in [1.82, 2.24) is 0 Å². The van der Waals surface area contributed by atoms with Crippen LogP contribution >= 0.6 is 0 Å². The van der Waals surface area contributed by atoms with Gasteiger partial charge in [-0.15, -0.1) is 0 Å². The monoisotopic (exact) mass is 282 g/mol. The Labute approximate surface area is 122 Å². The lowest BCUT2D eigenvalue weighted by Crippen LogP contribution is -2.54. The maximum atomic E-state index is 10.5. The van der Waals surface area contributed by atoms with E-state index in [1.54, 1.807) is 0 Å². The SMILES string of the molecule is CC1(CCO)C(O)CCC2C1CCC1(C)C(O)CCC21. The quantitative estimate of drug-likeness (QED) is 0.728. The zero-order chi connectivity index (χ0) is 14.5. The van der Waals surface area contributed by atoms with Crippen molar-refractivity contribution in [3.63, 3.8) is 0 Å². The van der Waals surface area contributed by atoms with Gasteiger partial charge in [0, 0.05) is 6.61 Å². The van der Waals surface area contributed by atoms with E-state index < -0.39 is 0 Å². The number of hydrogen-bond acceptors (Lipinski definition) is 3. The van der Waals surface area contributed by atoms with E-state index in [1.807, 2.05) is 0 Å². The Bertz CT molecular complexity index is 371. The summed E-state index contributed by atoms with van der Waals surface area (Å²) >= 11 is 0. The predicted molar refractivity (Wildman–Crippen MR) is 78.1 cm³/mol. The molecule has 0 radical (unpaired) electrons. The molecular weight excluding hydrogens is 252 g/mol. The third-order valence-corrected chi connectivity index (χ3v) is 7.42. The Balaban J connectivity index is 1.89. The number of hydrogen-bond donors (Lipinski definition) is 3. The fraction of sp³-hybridized carbons (Fsp3) is 1.00. The van der Waals surface area contributed by atoms with Gasteiger partial charge in [-0.3, -0.25) is 0 Å². The van der Waals surface area contributed by atoms with Crippen molar-refractivity contribution in [2.24, 2.45) is 28.6 Å². The summed E-state index contributed by atoms with van der Waals surface area (Å²) in [5.41, 5.74) is -0.0316. The number of rotatable bonds is 2. The van der Waals surface area contributed by atoms with Gasteiger partial charge in [-0.1, -0.05) is 13.8 Å². The Kier molecular flexibility index (Phi) is 3.67. The molecule has 20 heavy (non-hydrogen) atoms. The summed E-state index contributed by atoms with van der Waals surface area (Å²) < 4.78 is 0. The third kappa shape index (κ3) is 1.89. The Morgan fingerprint density at radius 3 is 2.30 bits per heavy atom. The molecule has 3 fully saturated rings. The second-order valence-corrected chi connectivity index (χ2v) is 8.09. The Hall–Kier alpha value is -0.120. The smallest absolute Gasteiger partial charge is 0.0597 e. The van der Waals surface area contributed by atoms with E-state index in [4.69, 9.17) is 0 Å². The van der Waals surface area contributed by atoms with Gasteiger partial charge in [-0.05, 0) is 73.5 Å². The molecule has 3 nitrogen and oxygen atoms in total. The number of aliphatic hydroxyl groups is 3. The molecule has 0 aliphatic heterocycles. The van der Waals surface area contributed by atoms with Crippen LogP contribution in [-0.4, -0.2) is 34.1 Å². The maximum absolute atomic E-state index is 10.5. The van der Waals surface area contributed by atoms with Crippen LogP contribution in [-0.2, 0) is 0 Å². The minimum Gasteiger partial charge on any atom is -0.396 e. The minimum absolute atomic E-state index is 0.101. The Morgan fingerprint density at radius 1 is 0.900 bits per heavy atom. The van der Waals surface area contributed by atoms with Gasteiger partial charge >= 0.3 is 0 Å². The van der Waals surface area contributed by atoms with Gasteiger partial charge in [0.05, 0.1) is 12.2 Å². The molecule has 0 aromatic carbocycles. The van der Waals surface area contributed by atoms with Crippen molar-refractivity contribution in [2.75, 3.05) is 6.61 Å². The molecule has 0 bridgehead atoms. The number of fused-ring (bicyclic) bond motifs is 3. The molecule has 3 aliphatic carbocycles. The highest BCUT2D eigenvalue weighted by atomic mass is 16.3. The van der Waals surface area contributed by atoms with E-state index in [-0.39, 0.29) is 29.6 Å². The average Bonchev–Trinajstić information content (AvgIpc) is 2.71. The van der Waals surface area contributed by atoms with Crippen LogP contribution in [0.15, 0.2) is 0 Å². The molecule has 0 amide bonds. The fourth-order valence-electron chi connectivity index (χ4n) is 6.00. The molecule has 0 spiro atoms. The van der Waals surface area contributed by atoms with E-state index in [2.05, 4.69) is 13.8 Å². The molecule has 0 aromatic heterocycles. The molecule has 3 N–H and O–H groups in total. The molecule has 0 saturated heterocycles. The van der Waals surface area contributed by atoms with Crippen molar-refractivity contribution in [1.29, 1.82) is 0 Å². The third-order valence-electron chi connectivity index (χ3n) is 7.42. The van der Waals surface area contributed by atoms with Crippen LogP contribution in [0.4, 0.5) is 0 Å². The molecule has 3 heteroatoms. The van der Waals surface area contributed by atoms with E-state index in [0.29, 0.717) is 24.2 Å². The minimum atomic E-state index is -0.272. The summed E-state index contributed by atoms with van der Waals surface area (Å²) in [4.78, 5) is 0. The lowest BCUT2D eigenvalue weighted by atomic mass is 9.49. The molecule has 3 aliphatic rings. The first-order valence-corrected chi connectivity index (χ1v) is 8.40. The normalized spacial score (nSPS) is 55.4. The first kappa shape index (κ1) is 14.8. The summed E-state index contributed by atoms with van der Waals surface area (Å²) in [5.74, 6) is 1.76. The van der Waals surface area contributed by atoms with Gasteiger partial charge in [0.15, 0.2) is 0 Å². The van der Waals surface area contributed by atoms with Crippen LogP contribution in [0.3, 0.4) is 0 Å². The topological polar surface area (TPSA) is 60.7 Å². The van der Waals surface area contributed by atoms with Crippen molar-refractivity contribution < 1.29 is 15.3 Å². The highest BCUT2D eigenvalue weighted by Crippen LogP contribution is 2.63. The molecule has 116 valence electrons. The highest BCUT2D eigenvalue weighted by Gasteiger charge is 2.59. The first-order valence-electron chi connectivity index (χ1n) is 8.40. The van der Waals surface area contributed by atoms with Crippen molar-refractivity contribution >= 4 is 0 Å². The second kappa shape index (κ2) is 4.96. The molecule has 0 heterocycles. The zero-order valence-electron chi connectivity index (χ0n) is 12.9. The van der Waals surface area contributed by atoms with E-state index in [1.165, 1.54) is 0 Å². The fourth-order valence-corrected chi connectivity index (χ4v) is 6.00. The molecular formula is C17H30O3. The highest BCUT2D eigenvalue weighted by molar-refractivity contribution is 5.08. The molecule has 7 unspecified atom stereocenters. The Morgan fingerprint density at radius 2 is 1.60 bits per heavy atom. The van der Waals surface area contributed by atoms with Gasteiger partial charge in [-0.25, -0.2) is 0 Å². The zero-order valence-corrected chi connectivity index (χ0v) is 12.9. The first-order chi connectivity index (χ1) is 9.43. The van der Waals surface area contributed by atoms with Gasteiger partial charge in [-0.2, -0.15) is 0 Å². The molecule has 0 aromatic rings. The van der Waals surface area contributed by atoms with E-state index in [9.17, 15) is 15.3 Å². The van der Waals surface area contributed by atoms with E-state index in [0.717, 1.165) is 38.5 Å². The molecule has 7 atom stereocenters. The van der Waals surface area contributed by atoms with Crippen LogP contribution in [0.2, 0.25) is 0 Å². The number of aliphatic hydroxyl groups excluding tert-OH is 3. The molecule has 3 rings (SSSR count). The maximum Gasteiger partial charge on any atom is 0.0597 e. The lowest BCUT2D eigenvalue weighted by Gasteiger charge is -2.57. The molecule has 3 saturated carbocycles. The standard InChI is InChI=1S/C17H30O3/c1-16-8-7-13-11(12(16)4-6-15(16)20)3-5-14(19)17(13,2)9-10-18/h11-15,18-20H,3-10H2,1-2H3. The average molecular weight is 282 g/mol. The summed E-state index contributed by atoms with van der Waals surface area (Å²) in [6.45, 7) is 4.63. The summed E-state index contributed by atoms with van der Waals surface area (Å²) in [5, 5.41) is 30.3. The largest absolute Gasteiger partial charge is 0.396 e. The summed E-state index contributed by atoms with van der Waals surface area (Å²) in [7, 11) is 0. The van der Waals surface area contributed by atoms with Crippen LogP contribution in [0, 0.1) is 28.6 Å². The predicted octanol–water partition coefficient (Wildman–Crippen LogP) is 2.33. The summed E-state index contributed by atoms with van der Waals surface area (Å²) in [6.07, 6.45) is 6.53. The second-order valence-electron chi connectivity index (χ2n) is 8.09. The van der Waals surface area contributed by atoms with Crippen LogP contribution in [0.25, 0.3) is 0 Å². The van der Waals surface area contributed by atoms with E-state index >= 15 is 0 Å².